The Labute approximate surface area is 251 Å². The molecule has 210 valence electrons. The molecule has 43 heavy (non-hydrogen) atoms. The maximum atomic E-state index is 4.97. The second kappa shape index (κ2) is 13.0. The Morgan fingerprint density at radius 3 is 2.44 bits per heavy atom. The van der Waals surface area contributed by atoms with Gasteiger partial charge in [-0.3, -0.25) is 15.1 Å². The maximum absolute atomic E-state index is 4.97. The molecule has 1 unspecified atom stereocenters. The lowest BCUT2D eigenvalue weighted by molar-refractivity contribution is 0.965. The molecule has 7 nitrogen and oxygen atoms in total. The number of hydrogen-bond donors (Lipinski definition) is 1. The minimum atomic E-state index is 0.136. The van der Waals surface area contributed by atoms with Crippen LogP contribution in [-0.4, -0.2) is 37.1 Å². The lowest BCUT2D eigenvalue weighted by atomic mass is 9.99. The minimum absolute atomic E-state index is 0.136. The lowest BCUT2D eigenvalue weighted by Gasteiger charge is -2.10. The Hall–Kier alpha value is -5.56. The van der Waals surface area contributed by atoms with Crippen LogP contribution >= 0.6 is 0 Å². The molecule has 0 spiro atoms. The van der Waals surface area contributed by atoms with E-state index in [0.717, 1.165) is 40.3 Å². The van der Waals surface area contributed by atoms with Crippen LogP contribution in [0.25, 0.3) is 34.0 Å². The Balaban J connectivity index is 1.38. The van der Waals surface area contributed by atoms with Crippen molar-refractivity contribution in [3.63, 3.8) is 0 Å². The van der Waals surface area contributed by atoms with Crippen LogP contribution in [0.2, 0.25) is 0 Å². The van der Waals surface area contributed by atoms with Crippen molar-refractivity contribution in [2.45, 2.75) is 26.2 Å². The molecule has 3 aromatic heterocycles. The van der Waals surface area contributed by atoms with E-state index in [2.05, 4.69) is 69.6 Å². The zero-order chi connectivity index (χ0) is 29.4. The highest BCUT2D eigenvalue weighted by atomic mass is 15.2. The number of aliphatic imine (C=N–C) groups is 2. The highest BCUT2D eigenvalue weighted by Crippen LogP contribution is 2.29. The third kappa shape index (κ3) is 6.68. The first-order valence-corrected chi connectivity index (χ1v) is 14.3. The van der Waals surface area contributed by atoms with E-state index in [4.69, 9.17) is 15.0 Å². The van der Waals surface area contributed by atoms with Crippen molar-refractivity contribution < 1.29 is 0 Å². The van der Waals surface area contributed by atoms with Crippen molar-refractivity contribution in [3.05, 3.63) is 144 Å². The van der Waals surface area contributed by atoms with Crippen molar-refractivity contribution in [2.75, 3.05) is 0 Å². The van der Waals surface area contributed by atoms with Crippen LogP contribution in [0, 0.1) is 0 Å². The quantitative estimate of drug-likeness (QED) is 0.195. The Morgan fingerprint density at radius 2 is 1.65 bits per heavy atom. The predicted molar refractivity (Wildman–Crippen MR) is 175 cm³/mol. The van der Waals surface area contributed by atoms with Crippen LogP contribution in [0.1, 0.15) is 49.0 Å². The number of aromatic amines is 1. The predicted octanol–water partition coefficient (Wildman–Crippen LogP) is 7.95. The highest BCUT2D eigenvalue weighted by Gasteiger charge is 2.15. The van der Waals surface area contributed by atoms with Crippen molar-refractivity contribution in [1.82, 2.24) is 25.1 Å². The maximum Gasteiger partial charge on any atom is 0.195 e. The number of benzene rings is 2. The number of hydrogen-bond acceptors (Lipinski definition) is 6. The molecule has 5 aromatic rings. The molecule has 2 aromatic carbocycles. The summed E-state index contributed by atoms with van der Waals surface area (Å²) in [7, 11) is 0. The van der Waals surface area contributed by atoms with Crippen LogP contribution in [-0.2, 0) is 0 Å². The second-order valence-electron chi connectivity index (χ2n) is 10.2. The van der Waals surface area contributed by atoms with Gasteiger partial charge in [-0.2, -0.15) is 5.10 Å². The van der Waals surface area contributed by atoms with Gasteiger partial charge in [0.15, 0.2) is 11.6 Å². The van der Waals surface area contributed by atoms with Crippen LogP contribution in [0.4, 0.5) is 0 Å². The number of allylic oxidation sites excluding steroid dienone is 4. The van der Waals surface area contributed by atoms with E-state index in [1.807, 2.05) is 86.0 Å². The first kappa shape index (κ1) is 27.6. The molecular formula is C36H31N7. The molecule has 0 radical (unpaired) electrons. The second-order valence-corrected chi connectivity index (χ2v) is 10.2. The molecule has 0 aliphatic carbocycles. The molecule has 0 saturated heterocycles. The van der Waals surface area contributed by atoms with Crippen molar-refractivity contribution in [1.29, 1.82) is 0 Å². The van der Waals surface area contributed by atoms with E-state index in [1.54, 1.807) is 6.20 Å². The SMILES string of the molecule is CC(=N/C(=C\C(C)c1ccccc1)c1ccccn1)c1n[nH]c(-c2cc(-c3ccccc3)cc(C3=CC=CCC=N3)n2)n1. The Morgan fingerprint density at radius 1 is 0.884 bits per heavy atom. The minimum Gasteiger partial charge on any atom is -0.259 e. The topological polar surface area (TPSA) is 92.1 Å². The smallest absolute Gasteiger partial charge is 0.195 e. The molecule has 1 aliphatic heterocycles. The van der Waals surface area contributed by atoms with Crippen LogP contribution in [0.3, 0.4) is 0 Å². The molecule has 0 saturated carbocycles. The van der Waals surface area contributed by atoms with Gasteiger partial charge in [-0.25, -0.2) is 15.0 Å². The van der Waals surface area contributed by atoms with Gasteiger partial charge in [-0.05, 0) is 60.0 Å². The first-order valence-electron chi connectivity index (χ1n) is 14.3. The first-order chi connectivity index (χ1) is 21.1. The van der Waals surface area contributed by atoms with E-state index in [-0.39, 0.29) is 5.92 Å². The van der Waals surface area contributed by atoms with Crippen LogP contribution in [0.5, 0.6) is 0 Å². The average molecular weight is 562 g/mol. The van der Waals surface area contributed by atoms with E-state index in [0.29, 0.717) is 23.1 Å². The molecule has 4 heterocycles. The third-order valence-electron chi connectivity index (χ3n) is 7.06. The summed E-state index contributed by atoms with van der Waals surface area (Å²) < 4.78 is 0. The molecule has 0 bridgehead atoms. The number of nitrogens with zero attached hydrogens (tertiary/aromatic N) is 6. The summed E-state index contributed by atoms with van der Waals surface area (Å²) in [5.74, 6) is 1.18. The van der Waals surface area contributed by atoms with Gasteiger partial charge < -0.3 is 0 Å². The molecular weight excluding hydrogens is 530 g/mol. The number of aromatic nitrogens is 5. The van der Waals surface area contributed by atoms with E-state index >= 15 is 0 Å². The summed E-state index contributed by atoms with van der Waals surface area (Å²) >= 11 is 0. The van der Waals surface area contributed by atoms with Gasteiger partial charge in [0.2, 0.25) is 0 Å². The Bertz CT molecular complexity index is 1850. The number of rotatable bonds is 8. The van der Waals surface area contributed by atoms with Crippen LogP contribution < -0.4 is 0 Å². The fourth-order valence-electron chi connectivity index (χ4n) is 4.78. The molecule has 0 fully saturated rings. The zero-order valence-corrected chi connectivity index (χ0v) is 24.1. The normalized spacial score (nSPS) is 14.3. The fraction of sp³-hybridized carbons (Fsp3) is 0.111. The number of pyridine rings is 2. The van der Waals surface area contributed by atoms with Crippen molar-refractivity contribution in [2.24, 2.45) is 9.98 Å². The van der Waals surface area contributed by atoms with E-state index in [9.17, 15) is 0 Å². The molecule has 1 atom stereocenters. The van der Waals surface area contributed by atoms with Gasteiger partial charge in [0, 0.05) is 24.8 Å². The lowest BCUT2D eigenvalue weighted by Crippen LogP contribution is -2.01. The van der Waals surface area contributed by atoms with Gasteiger partial charge in [0.05, 0.1) is 28.5 Å². The standard InChI is InChI=1S/C36H31N7/c1-25(27-14-6-3-7-15-27)22-32(30-19-11-13-21-38-30)39-26(2)35-41-36(43-42-35)34-24-29(28-16-8-4-9-17-28)23-33(40-34)31-18-10-5-12-20-37-31/h3-11,13-25H,12H2,1-2H3,(H,41,42,43)/b32-22-,39-26?. The summed E-state index contributed by atoms with van der Waals surface area (Å²) in [5, 5.41) is 7.62. The average Bonchev–Trinajstić information content (AvgIpc) is 3.41. The van der Waals surface area contributed by atoms with Crippen LogP contribution in [0.15, 0.2) is 131 Å². The highest BCUT2D eigenvalue weighted by molar-refractivity contribution is 5.99. The van der Waals surface area contributed by atoms with Gasteiger partial charge in [0.25, 0.3) is 0 Å². The molecule has 7 heteroatoms. The summed E-state index contributed by atoms with van der Waals surface area (Å²) in [6, 6.07) is 30.5. The van der Waals surface area contributed by atoms with Gasteiger partial charge in [-0.15, -0.1) is 0 Å². The molecule has 0 amide bonds. The fourth-order valence-corrected chi connectivity index (χ4v) is 4.78. The molecule has 1 N–H and O–H groups in total. The van der Waals surface area contributed by atoms with Crippen molar-refractivity contribution >= 4 is 23.3 Å². The summed E-state index contributed by atoms with van der Waals surface area (Å²) in [4.78, 5) is 23.9. The zero-order valence-electron chi connectivity index (χ0n) is 24.1. The van der Waals surface area contributed by atoms with E-state index < -0.39 is 0 Å². The number of nitrogens with one attached hydrogen (secondary N) is 1. The van der Waals surface area contributed by atoms with Gasteiger partial charge in [-0.1, -0.05) is 85.8 Å². The van der Waals surface area contributed by atoms with Gasteiger partial charge in [0.1, 0.15) is 5.69 Å². The molecule has 6 rings (SSSR count). The van der Waals surface area contributed by atoms with Crippen molar-refractivity contribution in [3.8, 4) is 22.6 Å². The largest absolute Gasteiger partial charge is 0.259 e. The summed E-state index contributed by atoms with van der Waals surface area (Å²) in [6.07, 6.45) is 12.6. The summed E-state index contributed by atoms with van der Waals surface area (Å²) in [5.41, 5.74) is 7.74. The third-order valence-corrected chi connectivity index (χ3v) is 7.06. The summed E-state index contributed by atoms with van der Waals surface area (Å²) in [6.45, 7) is 4.06. The number of H-pyrrole nitrogens is 1. The monoisotopic (exact) mass is 561 g/mol. The Kier molecular flexibility index (Phi) is 8.32. The van der Waals surface area contributed by atoms with Gasteiger partial charge >= 0.3 is 0 Å². The molecule has 1 aliphatic rings. The van der Waals surface area contributed by atoms with E-state index in [1.165, 1.54) is 5.56 Å².